The summed E-state index contributed by atoms with van der Waals surface area (Å²) in [6.07, 6.45) is 0. The van der Waals surface area contributed by atoms with Gasteiger partial charge in [0.25, 0.3) is 0 Å². The van der Waals surface area contributed by atoms with Crippen molar-refractivity contribution >= 4 is 12.2 Å². The number of aryl methyl sites for hydroxylation is 1. The number of H-pyrrole nitrogens is 1. The molecule has 0 bridgehead atoms. The maximum absolute atomic E-state index is 5.51. The summed E-state index contributed by atoms with van der Waals surface area (Å²) < 4.78 is 6.15. The number of nitrogens with one attached hydrogen (secondary N) is 1. The molecule has 1 N–H and O–H groups in total. The van der Waals surface area contributed by atoms with Crippen LogP contribution in [0.25, 0.3) is 11.3 Å². The van der Waals surface area contributed by atoms with Gasteiger partial charge in [-0.15, -0.1) is 0 Å². The smallest absolute Gasteiger partial charge is 0.133 e. The number of rotatable bonds is 3. The predicted molar refractivity (Wildman–Crippen MR) is 75.5 cm³/mol. The molecule has 4 heteroatoms. The van der Waals surface area contributed by atoms with Gasteiger partial charge in [-0.05, 0) is 32.9 Å². The molecular weight excluding hydrogens is 244 g/mol. The van der Waals surface area contributed by atoms with Crippen LogP contribution in [-0.2, 0) is 0 Å². The summed E-state index contributed by atoms with van der Waals surface area (Å²) in [7, 11) is 0. The van der Waals surface area contributed by atoms with Crippen molar-refractivity contribution in [2.24, 2.45) is 0 Å². The number of hydrogen-bond donors (Lipinski definition) is 1. The fourth-order valence-corrected chi connectivity index (χ4v) is 2.08. The van der Waals surface area contributed by atoms with Crippen molar-refractivity contribution < 1.29 is 4.74 Å². The van der Waals surface area contributed by atoms with Crippen LogP contribution in [0.2, 0.25) is 0 Å². The number of benzene rings is 1. The molecule has 1 heterocycles. The highest BCUT2D eigenvalue weighted by Crippen LogP contribution is 2.25. The molecule has 2 aromatic rings. The molecule has 3 nitrogen and oxygen atoms in total. The molecule has 1 aromatic heterocycles. The lowest BCUT2D eigenvalue weighted by molar-refractivity contribution is 0.340. The molecule has 0 amide bonds. The monoisotopic (exact) mass is 260 g/mol. The summed E-state index contributed by atoms with van der Waals surface area (Å²) in [6, 6.07) is 7.98. The zero-order valence-corrected chi connectivity index (χ0v) is 11.6. The average molecular weight is 260 g/mol. The highest BCUT2D eigenvalue weighted by Gasteiger charge is 2.06. The topological polar surface area (TPSA) is 37.9 Å². The molecule has 18 heavy (non-hydrogen) atoms. The van der Waals surface area contributed by atoms with Crippen molar-refractivity contribution in [3.8, 4) is 17.0 Å². The molecule has 0 fully saturated rings. The molecule has 0 aliphatic carbocycles. The van der Waals surface area contributed by atoms with E-state index in [0.29, 0.717) is 11.2 Å². The largest absolute Gasteiger partial charge is 0.494 e. The van der Waals surface area contributed by atoms with E-state index < -0.39 is 0 Å². The van der Waals surface area contributed by atoms with E-state index in [1.165, 1.54) is 0 Å². The van der Waals surface area contributed by atoms with Crippen molar-refractivity contribution in [2.75, 3.05) is 6.61 Å². The number of ether oxygens (including phenoxy) is 1. The van der Waals surface area contributed by atoms with Crippen molar-refractivity contribution in [3.05, 3.63) is 40.3 Å². The van der Waals surface area contributed by atoms with Crippen LogP contribution in [0.15, 0.2) is 24.3 Å². The standard InChI is InChI=1S/C14H16N2OS/c1-4-17-12-7-5-6-11(8-12)13-9(2)14(18)16-10(3)15-13/h5-8H,4H2,1-3H3,(H,15,16,18). The molecule has 0 atom stereocenters. The Morgan fingerprint density at radius 1 is 1.33 bits per heavy atom. The number of nitrogens with zero attached hydrogens (tertiary/aromatic N) is 1. The Morgan fingerprint density at radius 2 is 2.11 bits per heavy atom. The highest BCUT2D eigenvalue weighted by atomic mass is 32.1. The van der Waals surface area contributed by atoms with E-state index in [1.54, 1.807) is 0 Å². The molecule has 0 saturated carbocycles. The van der Waals surface area contributed by atoms with Crippen LogP contribution >= 0.6 is 12.2 Å². The van der Waals surface area contributed by atoms with Crippen LogP contribution < -0.4 is 4.74 Å². The number of hydrogen-bond acceptors (Lipinski definition) is 3. The predicted octanol–water partition coefficient (Wildman–Crippen LogP) is 3.82. The van der Waals surface area contributed by atoms with E-state index in [1.807, 2.05) is 45.0 Å². The second-order valence-corrected chi connectivity index (χ2v) is 4.47. The van der Waals surface area contributed by atoms with Gasteiger partial charge in [0.2, 0.25) is 0 Å². The van der Waals surface area contributed by atoms with Gasteiger partial charge in [-0.3, -0.25) is 0 Å². The normalized spacial score (nSPS) is 10.4. The summed E-state index contributed by atoms with van der Waals surface area (Å²) in [5.74, 6) is 1.69. The van der Waals surface area contributed by atoms with Crippen LogP contribution in [-0.4, -0.2) is 16.6 Å². The van der Waals surface area contributed by atoms with Gasteiger partial charge in [-0.1, -0.05) is 24.4 Å². The third kappa shape index (κ3) is 2.59. The van der Waals surface area contributed by atoms with E-state index in [4.69, 9.17) is 17.0 Å². The lowest BCUT2D eigenvalue weighted by Gasteiger charge is -2.09. The minimum absolute atomic E-state index is 0.642. The molecule has 1 aromatic carbocycles. The quantitative estimate of drug-likeness (QED) is 0.852. The zero-order valence-electron chi connectivity index (χ0n) is 10.8. The minimum atomic E-state index is 0.642. The molecule has 0 spiro atoms. The maximum atomic E-state index is 5.51. The van der Waals surface area contributed by atoms with Gasteiger partial charge in [0.15, 0.2) is 0 Å². The molecule has 0 aliphatic rings. The second-order valence-electron chi connectivity index (χ2n) is 4.09. The van der Waals surface area contributed by atoms with Gasteiger partial charge in [-0.2, -0.15) is 0 Å². The summed E-state index contributed by atoms with van der Waals surface area (Å²) in [5, 5.41) is 0. The first kappa shape index (κ1) is 12.8. The van der Waals surface area contributed by atoms with E-state index in [-0.39, 0.29) is 0 Å². The fraction of sp³-hybridized carbons (Fsp3) is 0.286. The van der Waals surface area contributed by atoms with Gasteiger partial charge in [-0.25, -0.2) is 4.98 Å². The van der Waals surface area contributed by atoms with Gasteiger partial charge in [0.1, 0.15) is 16.2 Å². The van der Waals surface area contributed by atoms with Crippen LogP contribution in [0.1, 0.15) is 18.3 Å². The van der Waals surface area contributed by atoms with Crippen LogP contribution in [0, 0.1) is 18.5 Å². The van der Waals surface area contributed by atoms with Gasteiger partial charge in [0.05, 0.1) is 12.3 Å². The van der Waals surface area contributed by atoms with E-state index in [9.17, 15) is 0 Å². The van der Waals surface area contributed by atoms with Crippen molar-refractivity contribution in [1.82, 2.24) is 9.97 Å². The number of aromatic nitrogens is 2. The van der Waals surface area contributed by atoms with Gasteiger partial charge >= 0.3 is 0 Å². The molecule has 0 radical (unpaired) electrons. The Balaban J connectivity index is 2.54. The average Bonchev–Trinajstić information content (AvgIpc) is 2.34. The molecule has 0 aliphatic heterocycles. The van der Waals surface area contributed by atoms with Gasteiger partial charge < -0.3 is 9.72 Å². The van der Waals surface area contributed by atoms with Crippen LogP contribution in [0.4, 0.5) is 0 Å². The second kappa shape index (κ2) is 5.31. The molecular formula is C14H16N2OS. The molecule has 0 unspecified atom stereocenters. The Hall–Kier alpha value is -1.68. The Morgan fingerprint density at radius 3 is 2.83 bits per heavy atom. The fourth-order valence-electron chi connectivity index (χ4n) is 1.84. The van der Waals surface area contributed by atoms with E-state index in [2.05, 4.69) is 9.97 Å². The van der Waals surface area contributed by atoms with Crippen molar-refractivity contribution in [1.29, 1.82) is 0 Å². The summed E-state index contributed by atoms with van der Waals surface area (Å²) in [6.45, 7) is 6.52. The highest BCUT2D eigenvalue weighted by molar-refractivity contribution is 7.71. The first-order valence-electron chi connectivity index (χ1n) is 5.92. The SMILES string of the molecule is CCOc1cccc(-c2[nH]c(C)nc(=S)c2C)c1. The first-order valence-corrected chi connectivity index (χ1v) is 6.33. The Bertz CT molecular complexity index is 619. The maximum Gasteiger partial charge on any atom is 0.133 e. The summed E-state index contributed by atoms with van der Waals surface area (Å²) >= 11 is 5.25. The van der Waals surface area contributed by atoms with Crippen molar-refractivity contribution in [3.63, 3.8) is 0 Å². The van der Waals surface area contributed by atoms with Crippen LogP contribution in [0.5, 0.6) is 5.75 Å². The Kier molecular flexibility index (Phi) is 3.77. The molecule has 0 saturated heterocycles. The summed E-state index contributed by atoms with van der Waals surface area (Å²) in [4.78, 5) is 7.51. The van der Waals surface area contributed by atoms with Crippen molar-refractivity contribution in [2.45, 2.75) is 20.8 Å². The first-order chi connectivity index (χ1) is 8.61. The van der Waals surface area contributed by atoms with E-state index >= 15 is 0 Å². The molecule has 94 valence electrons. The molecule has 2 rings (SSSR count). The lowest BCUT2D eigenvalue weighted by atomic mass is 10.1. The zero-order chi connectivity index (χ0) is 13.1. The van der Waals surface area contributed by atoms with Crippen LogP contribution in [0.3, 0.4) is 0 Å². The van der Waals surface area contributed by atoms with E-state index in [0.717, 1.165) is 28.4 Å². The summed E-state index contributed by atoms with van der Waals surface area (Å²) in [5.41, 5.74) is 3.06. The third-order valence-electron chi connectivity index (χ3n) is 2.70. The van der Waals surface area contributed by atoms with Gasteiger partial charge in [0, 0.05) is 11.1 Å². The minimum Gasteiger partial charge on any atom is -0.494 e. The third-order valence-corrected chi connectivity index (χ3v) is 3.10. The Labute approximate surface area is 112 Å². The number of aromatic amines is 1. The lowest BCUT2D eigenvalue weighted by Crippen LogP contribution is -1.97.